The van der Waals surface area contributed by atoms with Gasteiger partial charge in [0.15, 0.2) is 0 Å². The minimum atomic E-state index is -0.975. The van der Waals surface area contributed by atoms with E-state index in [1.807, 2.05) is 20.8 Å². The number of unbranched alkanes of at least 4 members (excludes halogenated alkanes) is 2. The third-order valence-electron chi connectivity index (χ3n) is 6.93. The van der Waals surface area contributed by atoms with E-state index in [1.165, 1.54) is 0 Å². The van der Waals surface area contributed by atoms with E-state index in [0.29, 0.717) is 12.2 Å². The number of fused-ring (bicyclic) bond motifs is 1. The number of ether oxygens (including phenoxy) is 1. The average molecular weight is 528 g/mol. The number of hydrogen-bond acceptors (Lipinski definition) is 8. The minimum Gasteiger partial charge on any atom is -0.444 e. The van der Waals surface area contributed by atoms with Crippen LogP contribution in [0.25, 0.3) is 0 Å². The van der Waals surface area contributed by atoms with Gasteiger partial charge in [0, 0.05) is 37.8 Å². The predicted molar refractivity (Wildman–Crippen MR) is 140 cm³/mol. The lowest BCUT2D eigenvalue weighted by molar-refractivity contribution is -0.136. The van der Waals surface area contributed by atoms with Crippen molar-refractivity contribution in [3.05, 3.63) is 29.3 Å². The van der Waals surface area contributed by atoms with Crippen molar-refractivity contribution in [1.29, 1.82) is 0 Å². The van der Waals surface area contributed by atoms with Gasteiger partial charge < -0.3 is 20.3 Å². The number of likely N-dealkylation sites (tertiary alicyclic amines) is 1. The number of alkyl carbamates (subject to hydrolysis) is 1. The van der Waals surface area contributed by atoms with Crippen LogP contribution in [0.5, 0.6) is 0 Å². The van der Waals surface area contributed by atoms with Crippen LogP contribution in [-0.2, 0) is 14.3 Å². The first-order valence-corrected chi connectivity index (χ1v) is 13.3. The summed E-state index contributed by atoms with van der Waals surface area (Å²) in [6.45, 7) is 8.88. The fraction of sp³-hybridized carbons (Fsp3) is 0.593. The molecule has 3 heterocycles. The van der Waals surface area contributed by atoms with Crippen LogP contribution in [0, 0.1) is 0 Å². The molecule has 11 nitrogen and oxygen atoms in total. The largest absolute Gasteiger partial charge is 0.444 e. The molecule has 3 aliphatic rings. The number of hydrogen-bond donors (Lipinski definition) is 3. The number of carbonyl (C=O) groups excluding carboxylic acids is 5. The van der Waals surface area contributed by atoms with Crippen LogP contribution < -0.4 is 16.0 Å². The highest BCUT2D eigenvalue weighted by Crippen LogP contribution is 2.32. The number of nitrogens with zero attached hydrogens (tertiary/aromatic N) is 2. The maximum atomic E-state index is 13.2. The van der Waals surface area contributed by atoms with Gasteiger partial charge in [0.1, 0.15) is 11.6 Å². The summed E-state index contributed by atoms with van der Waals surface area (Å²) in [7, 11) is 0. The van der Waals surface area contributed by atoms with Crippen molar-refractivity contribution >= 4 is 35.4 Å². The number of rotatable bonds is 9. The lowest BCUT2D eigenvalue weighted by Gasteiger charge is -2.27. The second kappa shape index (κ2) is 11.5. The van der Waals surface area contributed by atoms with Gasteiger partial charge in [-0.05, 0) is 65.1 Å². The summed E-state index contributed by atoms with van der Waals surface area (Å²) in [4.78, 5) is 65.2. The molecule has 0 aliphatic carbocycles. The maximum Gasteiger partial charge on any atom is 0.407 e. The van der Waals surface area contributed by atoms with Gasteiger partial charge in [-0.25, -0.2) is 4.79 Å². The van der Waals surface area contributed by atoms with E-state index in [-0.39, 0.29) is 36.1 Å². The number of nitrogens with one attached hydrogen (secondary N) is 3. The molecular formula is C27H37N5O6. The Morgan fingerprint density at radius 1 is 1.08 bits per heavy atom. The lowest BCUT2D eigenvalue weighted by atomic mass is 10.0. The molecule has 5 amide bonds. The Labute approximate surface area is 222 Å². The number of carbonyl (C=O) groups is 5. The van der Waals surface area contributed by atoms with Gasteiger partial charge in [-0.1, -0.05) is 12.5 Å². The van der Waals surface area contributed by atoms with Crippen molar-refractivity contribution in [1.82, 2.24) is 20.4 Å². The van der Waals surface area contributed by atoms with Gasteiger partial charge in [0.2, 0.25) is 11.8 Å². The van der Waals surface area contributed by atoms with Crippen molar-refractivity contribution in [2.24, 2.45) is 0 Å². The molecule has 1 aromatic rings. The maximum absolute atomic E-state index is 13.2. The van der Waals surface area contributed by atoms with Gasteiger partial charge in [-0.3, -0.25) is 29.4 Å². The van der Waals surface area contributed by atoms with Gasteiger partial charge >= 0.3 is 6.09 Å². The monoisotopic (exact) mass is 527 g/mol. The first kappa shape index (κ1) is 27.6. The third-order valence-corrected chi connectivity index (χ3v) is 6.93. The Morgan fingerprint density at radius 3 is 2.61 bits per heavy atom. The number of amides is 5. The predicted octanol–water partition coefficient (Wildman–Crippen LogP) is 2.27. The Balaban J connectivity index is 1.20. The molecule has 0 aromatic heterocycles. The first-order chi connectivity index (χ1) is 18.0. The Bertz CT molecular complexity index is 1110. The quantitative estimate of drug-likeness (QED) is 0.329. The van der Waals surface area contributed by atoms with Gasteiger partial charge in [0.25, 0.3) is 11.8 Å². The molecule has 4 rings (SSSR count). The highest BCUT2D eigenvalue weighted by atomic mass is 16.6. The zero-order valence-electron chi connectivity index (χ0n) is 22.3. The van der Waals surface area contributed by atoms with Crippen LogP contribution in [-0.4, -0.2) is 83.4 Å². The summed E-state index contributed by atoms with van der Waals surface area (Å²) < 4.78 is 5.33. The Kier molecular flexibility index (Phi) is 8.35. The number of piperidine rings is 1. The highest BCUT2D eigenvalue weighted by Gasteiger charge is 2.45. The molecule has 1 aromatic carbocycles. The second-order valence-electron chi connectivity index (χ2n) is 11.1. The van der Waals surface area contributed by atoms with Gasteiger partial charge in [-0.15, -0.1) is 0 Å². The van der Waals surface area contributed by atoms with Gasteiger partial charge in [0.05, 0.1) is 11.1 Å². The summed E-state index contributed by atoms with van der Waals surface area (Å²) in [5.41, 5.74) is 0.619. The van der Waals surface area contributed by atoms with Crippen LogP contribution in [0.15, 0.2) is 18.2 Å². The summed E-state index contributed by atoms with van der Waals surface area (Å²) in [5, 5.41) is 8.44. The van der Waals surface area contributed by atoms with E-state index in [0.717, 1.165) is 50.2 Å². The van der Waals surface area contributed by atoms with Crippen LogP contribution in [0.3, 0.4) is 0 Å². The van der Waals surface area contributed by atoms with Crippen LogP contribution in [0.1, 0.15) is 80.0 Å². The number of imide groups is 2. The van der Waals surface area contributed by atoms with Crippen molar-refractivity contribution in [3.63, 3.8) is 0 Å². The summed E-state index contributed by atoms with van der Waals surface area (Å²) in [6, 6.07) is 4.20. The summed E-state index contributed by atoms with van der Waals surface area (Å²) >= 11 is 0. The van der Waals surface area contributed by atoms with E-state index in [1.54, 1.807) is 18.2 Å². The molecule has 0 bridgehead atoms. The first-order valence-electron chi connectivity index (χ1n) is 13.3. The van der Waals surface area contributed by atoms with E-state index < -0.39 is 35.3 Å². The van der Waals surface area contributed by atoms with Crippen molar-refractivity contribution in [2.45, 2.75) is 77.0 Å². The smallest absolute Gasteiger partial charge is 0.407 e. The third kappa shape index (κ3) is 6.50. The Morgan fingerprint density at radius 2 is 1.87 bits per heavy atom. The van der Waals surface area contributed by atoms with Crippen molar-refractivity contribution in [2.75, 3.05) is 31.5 Å². The summed E-state index contributed by atoms with van der Waals surface area (Å²) in [6.07, 6.45) is 3.63. The van der Waals surface area contributed by atoms with E-state index in [9.17, 15) is 24.0 Å². The molecule has 0 spiro atoms. The molecule has 3 aliphatic heterocycles. The van der Waals surface area contributed by atoms with Crippen LogP contribution in [0.2, 0.25) is 0 Å². The van der Waals surface area contributed by atoms with Crippen LogP contribution >= 0.6 is 0 Å². The minimum absolute atomic E-state index is 0.0905. The van der Waals surface area contributed by atoms with Gasteiger partial charge in [-0.2, -0.15) is 0 Å². The average Bonchev–Trinajstić information content (AvgIpc) is 3.37. The van der Waals surface area contributed by atoms with E-state index >= 15 is 0 Å². The van der Waals surface area contributed by atoms with Crippen LogP contribution in [0.4, 0.5) is 10.5 Å². The van der Waals surface area contributed by atoms with E-state index in [2.05, 4.69) is 20.9 Å². The fourth-order valence-corrected chi connectivity index (χ4v) is 5.15. The molecule has 3 N–H and O–H groups in total. The molecule has 206 valence electrons. The van der Waals surface area contributed by atoms with Crippen molar-refractivity contribution in [3.8, 4) is 0 Å². The Hall–Kier alpha value is -3.47. The van der Waals surface area contributed by atoms with Crippen molar-refractivity contribution < 1.29 is 28.7 Å². The summed E-state index contributed by atoms with van der Waals surface area (Å²) in [5.74, 6) is -2.03. The molecule has 2 saturated heterocycles. The molecular weight excluding hydrogens is 490 g/mol. The molecule has 2 atom stereocenters. The molecule has 2 unspecified atom stereocenters. The standard InChI is InChI=1S/C27H37N5O6/c1-27(2,3)38-26(37)29-17-12-15-31(16-17)14-6-4-5-13-28-19-9-7-8-18-22(19)25(36)32(24(18)35)20-10-11-21(33)30-23(20)34/h7-9,17,20,28H,4-6,10-16H2,1-3H3,(H,29,37)(H,30,33,34). The zero-order chi connectivity index (χ0) is 27.4. The molecule has 0 radical (unpaired) electrons. The zero-order valence-corrected chi connectivity index (χ0v) is 22.3. The number of benzene rings is 1. The second-order valence-corrected chi connectivity index (χ2v) is 11.1. The SMILES string of the molecule is CC(C)(C)OC(=O)NC1CCN(CCCCCNc2cccc3c2C(=O)N(C2CCC(=O)NC2=O)C3=O)C1. The molecule has 0 saturated carbocycles. The normalized spacial score (nSPS) is 21.9. The number of anilines is 1. The topological polar surface area (TPSA) is 137 Å². The molecule has 11 heteroatoms. The molecule has 38 heavy (non-hydrogen) atoms. The molecule has 2 fully saturated rings. The highest BCUT2D eigenvalue weighted by molar-refractivity contribution is 6.25. The lowest BCUT2D eigenvalue weighted by Crippen LogP contribution is -2.54. The van der Waals surface area contributed by atoms with E-state index in [4.69, 9.17) is 4.74 Å². The fourth-order valence-electron chi connectivity index (χ4n) is 5.15.